The van der Waals surface area contributed by atoms with Crippen molar-refractivity contribution in [2.75, 3.05) is 26.3 Å². The molecule has 16 heavy (non-hydrogen) atoms. The molecule has 0 saturated carbocycles. The van der Waals surface area contributed by atoms with Crippen LogP contribution >= 0.6 is 0 Å². The average molecular weight is 212 g/mol. The Kier molecular flexibility index (Phi) is 3.60. The molecule has 1 aromatic rings. The summed E-state index contributed by atoms with van der Waals surface area (Å²) in [5.41, 5.74) is 1.86. The van der Waals surface area contributed by atoms with Gasteiger partial charge in [0.05, 0.1) is 24.8 Å². The Morgan fingerprint density at radius 3 is 2.81 bits per heavy atom. The number of rotatable bonds is 1. The summed E-state index contributed by atoms with van der Waals surface area (Å²) in [5.74, 6) is 0.292. The van der Waals surface area contributed by atoms with Crippen molar-refractivity contribution in [3.63, 3.8) is 0 Å². The van der Waals surface area contributed by atoms with Gasteiger partial charge < -0.3 is 9.55 Å². The molecule has 1 fully saturated rings. The first-order valence-corrected chi connectivity index (χ1v) is 5.37. The summed E-state index contributed by atoms with van der Waals surface area (Å²) in [6.07, 6.45) is 0. The number of nitrogens with zero attached hydrogens (tertiary/aromatic N) is 2. The minimum atomic E-state index is 0.292. The maximum atomic E-state index is 8.72. The van der Waals surface area contributed by atoms with E-state index in [0.717, 1.165) is 13.1 Å². The van der Waals surface area contributed by atoms with Crippen LogP contribution in [0.1, 0.15) is 17.0 Å². The van der Waals surface area contributed by atoms with E-state index in [4.69, 9.17) is 18.0 Å². The normalized spacial score (nSPS) is 22.3. The zero-order valence-electron chi connectivity index (χ0n) is 9.10. The number of benzene rings is 1. The molecule has 2 radical (unpaired) electrons. The highest BCUT2D eigenvalue weighted by Gasteiger charge is 2.17. The van der Waals surface area contributed by atoms with Gasteiger partial charge in [-0.05, 0) is 24.2 Å². The van der Waals surface area contributed by atoms with Crippen LogP contribution in [0.4, 0.5) is 0 Å². The first-order valence-electron chi connectivity index (χ1n) is 5.37. The second-order valence-electron chi connectivity index (χ2n) is 4.00. The summed E-state index contributed by atoms with van der Waals surface area (Å²) in [7, 11) is 5.82. The van der Waals surface area contributed by atoms with Gasteiger partial charge in [0.15, 0.2) is 7.98 Å². The van der Waals surface area contributed by atoms with Crippen LogP contribution in [-0.4, -0.2) is 39.1 Å². The second kappa shape index (κ2) is 5.15. The van der Waals surface area contributed by atoms with E-state index in [1.54, 1.807) is 4.81 Å². The lowest BCUT2D eigenvalue weighted by Crippen LogP contribution is -2.26. The Morgan fingerprint density at radius 2 is 2.12 bits per heavy atom. The maximum Gasteiger partial charge on any atom is 0.182 e. The lowest BCUT2D eigenvalue weighted by molar-refractivity contribution is 0.139. The van der Waals surface area contributed by atoms with E-state index in [9.17, 15) is 0 Å². The molecular weight excluding hydrogens is 199 g/mol. The molecule has 1 aliphatic heterocycles. The molecule has 3 nitrogen and oxygen atoms in total. The van der Waals surface area contributed by atoms with E-state index < -0.39 is 0 Å². The Morgan fingerprint density at radius 1 is 1.38 bits per heavy atom. The number of ether oxygens (including phenoxy) is 1. The smallest absolute Gasteiger partial charge is 0.182 e. The lowest BCUT2D eigenvalue weighted by atomic mass is 9.97. The zero-order chi connectivity index (χ0) is 11.4. The third-order valence-electron chi connectivity index (χ3n) is 2.81. The van der Waals surface area contributed by atoms with Crippen molar-refractivity contribution in [2.24, 2.45) is 0 Å². The quantitative estimate of drug-likeness (QED) is 0.653. The molecule has 1 aliphatic rings. The van der Waals surface area contributed by atoms with Gasteiger partial charge in [0.1, 0.15) is 0 Å². The maximum absolute atomic E-state index is 8.72. The first kappa shape index (κ1) is 11.2. The molecule has 1 heterocycles. The van der Waals surface area contributed by atoms with Gasteiger partial charge in [-0.3, -0.25) is 0 Å². The van der Waals surface area contributed by atoms with E-state index in [0.29, 0.717) is 24.7 Å². The van der Waals surface area contributed by atoms with E-state index in [1.807, 2.05) is 24.3 Å². The van der Waals surface area contributed by atoms with Gasteiger partial charge in [-0.1, -0.05) is 12.1 Å². The van der Waals surface area contributed by atoms with E-state index in [1.165, 1.54) is 5.56 Å². The Balaban J connectivity index is 2.12. The summed E-state index contributed by atoms with van der Waals surface area (Å²) in [6.45, 7) is 2.95. The molecule has 4 heteroatoms. The van der Waals surface area contributed by atoms with E-state index in [2.05, 4.69) is 6.07 Å². The van der Waals surface area contributed by atoms with Gasteiger partial charge in [0, 0.05) is 12.5 Å². The minimum absolute atomic E-state index is 0.292. The number of nitriles is 1. The molecule has 1 saturated heterocycles. The number of hydrogen-bond donors (Lipinski definition) is 0. The molecule has 0 aliphatic carbocycles. The predicted octanol–water partition coefficient (Wildman–Crippen LogP) is 1.06. The largest absolute Gasteiger partial charge is 0.379 e. The standard InChI is InChI=1S/C12H13BN2O/c13-15-5-6-16-9-12(8-15)11-3-1-10(7-14)2-4-11/h1-4,12H,5-6,8-9H2. The van der Waals surface area contributed by atoms with Crippen molar-refractivity contribution in [3.8, 4) is 6.07 Å². The second-order valence-corrected chi connectivity index (χ2v) is 4.00. The zero-order valence-corrected chi connectivity index (χ0v) is 9.10. The van der Waals surface area contributed by atoms with E-state index in [-0.39, 0.29) is 0 Å². The molecule has 1 unspecified atom stereocenters. The first-order chi connectivity index (χ1) is 7.79. The SMILES string of the molecule is [B]N1CCOCC(c2ccc(C#N)cc2)C1. The number of hydrogen-bond acceptors (Lipinski definition) is 3. The summed E-state index contributed by atoms with van der Waals surface area (Å²) < 4.78 is 5.50. The fourth-order valence-corrected chi connectivity index (χ4v) is 1.87. The fourth-order valence-electron chi connectivity index (χ4n) is 1.87. The van der Waals surface area contributed by atoms with Crippen LogP contribution in [0, 0.1) is 11.3 Å². The Labute approximate surface area is 97.1 Å². The van der Waals surface area contributed by atoms with Gasteiger partial charge in [-0.25, -0.2) is 0 Å². The molecular formula is C12H13BN2O. The third-order valence-corrected chi connectivity index (χ3v) is 2.81. The van der Waals surface area contributed by atoms with Gasteiger partial charge in [-0.15, -0.1) is 0 Å². The van der Waals surface area contributed by atoms with Crippen molar-refractivity contribution < 1.29 is 4.74 Å². The molecule has 0 aromatic heterocycles. The van der Waals surface area contributed by atoms with Crippen molar-refractivity contribution in [3.05, 3.63) is 35.4 Å². The van der Waals surface area contributed by atoms with Crippen LogP contribution in [0.2, 0.25) is 0 Å². The fraction of sp³-hybridized carbons (Fsp3) is 0.417. The molecule has 1 aromatic carbocycles. The third kappa shape index (κ3) is 2.63. The molecule has 80 valence electrons. The molecule has 1 atom stereocenters. The molecule has 0 spiro atoms. The van der Waals surface area contributed by atoms with Crippen molar-refractivity contribution >= 4 is 7.98 Å². The molecule has 0 bridgehead atoms. The van der Waals surface area contributed by atoms with E-state index >= 15 is 0 Å². The highest BCUT2D eigenvalue weighted by atomic mass is 16.5. The van der Waals surface area contributed by atoms with Crippen molar-refractivity contribution in [1.29, 1.82) is 5.26 Å². The molecule has 0 amide bonds. The van der Waals surface area contributed by atoms with Gasteiger partial charge in [-0.2, -0.15) is 5.26 Å². The predicted molar refractivity (Wildman–Crippen MR) is 62.0 cm³/mol. The van der Waals surface area contributed by atoms with Crippen molar-refractivity contribution in [2.45, 2.75) is 5.92 Å². The topological polar surface area (TPSA) is 36.3 Å². The van der Waals surface area contributed by atoms with Crippen LogP contribution in [0.3, 0.4) is 0 Å². The molecule has 2 rings (SSSR count). The average Bonchev–Trinajstić information content (AvgIpc) is 2.54. The Bertz CT molecular complexity index is 385. The van der Waals surface area contributed by atoms with Crippen LogP contribution in [0.25, 0.3) is 0 Å². The van der Waals surface area contributed by atoms with Crippen LogP contribution in [-0.2, 0) is 4.74 Å². The van der Waals surface area contributed by atoms with Crippen LogP contribution < -0.4 is 0 Å². The van der Waals surface area contributed by atoms with Crippen LogP contribution in [0.15, 0.2) is 24.3 Å². The van der Waals surface area contributed by atoms with Gasteiger partial charge >= 0.3 is 0 Å². The monoisotopic (exact) mass is 212 g/mol. The summed E-state index contributed by atoms with van der Waals surface area (Å²) >= 11 is 0. The summed E-state index contributed by atoms with van der Waals surface area (Å²) in [6, 6.07) is 9.74. The minimum Gasteiger partial charge on any atom is -0.379 e. The van der Waals surface area contributed by atoms with Crippen molar-refractivity contribution in [1.82, 2.24) is 4.81 Å². The summed E-state index contributed by atoms with van der Waals surface area (Å²) in [4.78, 5) is 1.79. The van der Waals surface area contributed by atoms with Crippen LogP contribution in [0.5, 0.6) is 0 Å². The van der Waals surface area contributed by atoms with Gasteiger partial charge in [0.25, 0.3) is 0 Å². The molecule has 0 N–H and O–H groups in total. The highest BCUT2D eigenvalue weighted by Crippen LogP contribution is 2.19. The Hall–Kier alpha value is -1.31. The van der Waals surface area contributed by atoms with Gasteiger partial charge in [0.2, 0.25) is 0 Å². The lowest BCUT2D eigenvalue weighted by Gasteiger charge is -2.19. The summed E-state index contributed by atoms with van der Waals surface area (Å²) in [5, 5.41) is 8.72. The highest BCUT2D eigenvalue weighted by molar-refractivity contribution is 6.04.